The highest BCUT2D eigenvalue weighted by molar-refractivity contribution is 7.89. The Morgan fingerprint density at radius 1 is 1.10 bits per heavy atom. The number of aryl methyl sites for hydroxylation is 1. The molecule has 1 fully saturated rings. The molecule has 9 heteroatoms. The molecule has 29 heavy (non-hydrogen) atoms. The van der Waals surface area contributed by atoms with Gasteiger partial charge in [-0.25, -0.2) is 8.42 Å². The van der Waals surface area contributed by atoms with Crippen LogP contribution < -0.4 is 15.0 Å². The lowest BCUT2D eigenvalue weighted by molar-refractivity contribution is 0.0960. The number of halogens is 1. The van der Waals surface area contributed by atoms with Crippen molar-refractivity contribution in [2.45, 2.75) is 11.8 Å². The van der Waals surface area contributed by atoms with Gasteiger partial charge in [0, 0.05) is 43.9 Å². The third-order valence-corrected chi connectivity index (χ3v) is 7.16. The first-order chi connectivity index (χ1) is 13.8. The van der Waals surface area contributed by atoms with E-state index < -0.39 is 15.9 Å². The van der Waals surface area contributed by atoms with Crippen LogP contribution >= 0.6 is 11.6 Å². The Bertz CT molecular complexity index is 1020. The molecule has 1 N–H and O–H groups in total. The van der Waals surface area contributed by atoms with Gasteiger partial charge >= 0.3 is 0 Å². The minimum Gasteiger partial charge on any atom is -0.496 e. The van der Waals surface area contributed by atoms with Gasteiger partial charge in [-0.3, -0.25) is 4.79 Å². The second-order valence-corrected chi connectivity index (χ2v) is 9.14. The molecule has 1 aliphatic rings. The van der Waals surface area contributed by atoms with Gasteiger partial charge in [0.15, 0.2) is 0 Å². The zero-order chi connectivity index (χ0) is 21.2. The third-order valence-electron chi connectivity index (χ3n) is 5.03. The van der Waals surface area contributed by atoms with Crippen molar-refractivity contribution in [2.24, 2.45) is 0 Å². The van der Waals surface area contributed by atoms with Gasteiger partial charge in [-0.15, -0.1) is 0 Å². The number of piperazine rings is 1. The van der Waals surface area contributed by atoms with Gasteiger partial charge in [-0.2, -0.15) is 4.31 Å². The Hall–Kier alpha value is -2.29. The summed E-state index contributed by atoms with van der Waals surface area (Å²) < 4.78 is 32.9. The summed E-state index contributed by atoms with van der Waals surface area (Å²) in [6.07, 6.45) is 0. The predicted molar refractivity (Wildman–Crippen MR) is 114 cm³/mol. The number of carbonyl (C=O) groups excluding carboxylic acids is 1. The number of methoxy groups -OCH3 is 1. The van der Waals surface area contributed by atoms with Crippen molar-refractivity contribution >= 4 is 33.2 Å². The average molecular weight is 438 g/mol. The monoisotopic (exact) mass is 437 g/mol. The molecule has 0 unspecified atom stereocenters. The normalized spacial score (nSPS) is 15.2. The van der Waals surface area contributed by atoms with Crippen LogP contribution in [0.1, 0.15) is 15.9 Å². The molecule has 156 valence electrons. The molecule has 0 spiro atoms. The van der Waals surface area contributed by atoms with Gasteiger partial charge in [0.2, 0.25) is 10.0 Å². The van der Waals surface area contributed by atoms with Crippen LogP contribution in [0.15, 0.2) is 41.3 Å². The maximum Gasteiger partial charge on any atom is 0.254 e. The summed E-state index contributed by atoms with van der Waals surface area (Å²) in [5, 5.41) is 3.16. The van der Waals surface area contributed by atoms with Crippen molar-refractivity contribution in [3.63, 3.8) is 0 Å². The predicted octanol–water partition coefficient (Wildman–Crippen LogP) is 2.53. The molecule has 1 aliphatic heterocycles. The number of ether oxygens (including phenoxy) is 1. The van der Waals surface area contributed by atoms with E-state index in [4.69, 9.17) is 16.3 Å². The second-order valence-electron chi connectivity index (χ2n) is 6.76. The Morgan fingerprint density at radius 3 is 2.41 bits per heavy atom. The van der Waals surface area contributed by atoms with Crippen LogP contribution in [0.3, 0.4) is 0 Å². The number of benzene rings is 2. The number of sulfonamides is 1. The lowest BCUT2D eigenvalue weighted by Crippen LogP contribution is -2.48. The SMILES string of the molecule is CNC(=O)c1cc(S(=O)(=O)N2CCN(c3cc(Cl)ccc3C)CC2)ccc1OC. The largest absolute Gasteiger partial charge is 0.496 e. The molecule has 0 radical (unpaired) electrons. The zero-order valence-corrected chi connectivity index (χ0v) is 18.2. The van der Waals surface area contributed by atoms with Crippen molar-refractivity contribution in [1.29, 1.82) is 0 Å². The van der Waals surface area contributed by atoms with E-state index in [1.807, 2.05) is 25.1 Å². The molecule has 0 saturated carbocycles. The van der Waals surface area contributed by atoms with E-state index in [0.29, 0.717) is 37.0 Å². The molecule has 7 nitrogen and oxygen atoms in total. The number of carbonyl (C=O) groups is 1. The van der Waals surface area contributed by atoms with Gasteiger partial charge in [0.1, 0.15) is 5.75 Å². The average Bonchev–Trinajstić information content (AvgIpc) is 2.74. The fourth-order valence-corrected chi connectivity index (χ4v) is 5.02. The molecule has 2 aromatic rings. The van der Waals surface area contributed by atoms with Crippen molar-refractivity contribution in [1.82, 2.24) is 9.62 Å². The van der Waals surface area contributed by atoms with Crippen molar-refractivity contribution in [3.05, 3.63) is 52.5 Å². The van der Waals surface area contributed by atoms with Crippen LogP contribution in [0, 0.1) is 6.92 Å². The second kappa shape index (κ2) is 8.61. The van der Waals surface area contributed by atoms with E-state index in [2.05, 4.69) is 10.2 Å². The van der Waals surface area contributed by atoms with Gasteiger partial charge in [-0.05, 0) is 42.8 Å². The maximum absolute atomic E-state index is 13.1. The highest BCUT2D eigenvalue weighted by Crippen LogP contribution is 2.28. The summed E-state index contributed by atoms with van der Waals surface area (Å²) in [4.78, 5) is 14.3. The van der Waals surface area contributed by atoms with Crippen LogP contribution in [0.25, 0.3) is 0 Å². The lowest BCUT2D eigenvalue weighted by Gasteiger charge is -2.36. The van der Waals surface area contributed by atoms with Gasteiger partial charge in [0.25, 0.3) is 5.91 Å². The molecule has 2 aromatic carbocycles. The number of hydrogen-bond acceptors (Lipinski definition) is 5. The molecular formula is C20H24ClN3O4S. The fourth-order valence-electron chi connectivity index (χ4n) is 3.40. The number of nitrogens with one attached hydrogen (secondary N) is 1. The molecule has 1 saturated heterocycles. The molecule has 0 aliphatic carbocycles. The highest BCUT2D eigenvalue weighted by atomic mass is 35.5. The van der Waals surface area contributed by atoms with E-state index in [1.54, 1.807) is 0 Å². The standard InChI is InChI=1S/C20H24ClN3O4S/c1-14-4-5-15(21)12-18(14)23-8-10-24(11-9-23)29(26,27)16-6-7-19(28-3)17(13-16)20(25)22-2/h4-7,12-13H,8-11H2,1-3H3,(H,22,25). The Kier molecular flexibility index (Phi) is 6.36. The highest BCUT2D eigenvalue weighted by Gasteiger charge is 2.30. The third kappa shape index (κ3) is 4.34. The van der Waals surface area contributed by atoms with Crippen molar-refractivity contribution in [3.8, 4) is 5.75 Å². The molecule has 0 atom stereocenters. The first-order valence-electron chi connectivity index (χ1n) is 9.19. The molecule has 3 rings (SSSR count). The minimum atomic E-state index is -3.73. The summed E-state index contributed by atoms with van der Waals surface area (Å²) in [6.45, 7) is 3.80. The molecule has 0 bridgehead atoms. The van der Waals surface area contributed by atoms with Crippen LogP contribution in [0.4, 0.5) is 5.69 Å². The number of amides is 1. The quantitative estimate of drug-likeness (QED) is 0.777. The summed E-state index contributed by atoms with van der Waals surface area (Å²) in [7, 11) is -0.807. The maximum atomic E-state index is 13.1. The van der Waals surface area contributed by atoms with E-state index in [0.717, 1.165) is 11.3 Å². The molecule has 1 heterocycles. The number of hydrogen-bond donors (Lipinski definition) is 1. The Labute approximate surface area is 176 Å². The number of anilines is 1. The number of nitrogens with zero attached hydrogens (tertiary/aromatic N) is 2. The first-order valence-corrected chi connectivity index (χ1v) is 11.0. The van der Waals surface area contributed by atoms with Gasteiger partial charge in [0.05, 0.1) is 17.6 Å². The summed E-state index contributed by atoms with van der Waals surface area (Å²) in [6, 6.07) is 10.0. The van der Waals surface area contributed by atoms with Crippen LogP contribution in [0.2, 0.25) is 5.02 Å². The zero-order valence-electron chi connectivity index (χ0n) is 16.6. The molecular weight excluding hydrogens is 414 g/mol. The van der Waals surface area contributed by atoms with E-state index in [1.165, 1.54) is 36.7 Å². The Morgan fingerprint density at radius 2 is 1.79 bits per heavy atom. The van der Waals surface area contributed by atoms with Crippen molar-refractivity contribution in [2.75, 3.05) is 45.2 Å². The topological polar surface area (TPSA) is 79.0 Å². The lowest BCUT2D eigenvalue weighted by atomic mass is 10.1. The summed E-state index contributed by atoms with van der Waals surface area (Å²) in [5.74, 6) is -0.0790. The van der Waals surface area contributed by atoms with Crippen molar-refractivity contribution < 1.29 is 17.9 Å². The van der Waals surface area contributed by atoms with Crippen LogP contribution in [-0.4, -0.2) is 59.0 Å². The van der Waals surface area contributed by atoms with Gasteiger partial charge in [-0.1, -0.05) is 17.7 Å². The smallest absolute Gasteiger partial charge is 0.254 e. The fraction of sp³-hybridized carbons (Fsp3) is 0.350. The summed E-state index contributed by atoms with van der Waals surface area (Å²) in [5.41, 5.74) is 2.29. The molecule has 0 aromatic heterocycles. The van der Waals surface area contributed by atoms with E-state index in [9.17, 15) is 13.2 Å². The summed E-state index contributed by atoms with van der Waals surface area (Å²) >= 11 is 6.12. The number of rotatable bonds is 5. The van der Waals surface area contributed by atoms with Crippen LogP contribution in [-0.2, 0) is 10.0 Å². The first kappa shape index (κ1) is 21.4. The van der Waals surface area contributed by atoms with Gasteiger partial charge < -0.3 is 15.0 Å². The van der Waals surface area contributed by atoms with E-state index >= 15 is 0 Å². The Balaban J connectivity index is 1.81. The van der Waals surface area contributed by atoms with Crippen LogP contribution in [0.5, 0.6) is 5.75 Å². The molecule has 1 amide bonds. The van der Waals surface area contributed by atoms with E-state index in [-0.39, 0.29) is 10.5 Å². The minimum absolute atomic E-state index is 0.0734.